The molecule has 0 aliphatic rings. The molecule has 2 aromatic rings. The number of pyridine rings is 1. The van der Waals surface area contributed by atoms with Gasteiger partial charge in [0, 0.05) is 6.20 Å². The fourth-order valence-corrected chi connectivity index (χ4v) is 1.95. The lowest BCUT2D eigenvalue weighted by Gasteiger charge is -2.08. The van der Waals surface area contributed by atoms with Crippen molar-refractivity contribution in [3.05, 3.63) is 45.2 Å². The molecule has 0 saturated heterocycles. The number of fused-ring (bicyclic) bond motifs is 1. The Labute approximate surface area is 103 Å². The average molecular weight is 255 g/mol. The summed E-state index contributed by atoms with van der Waals surface area (Å²) in [5.41, 5.74) is 0.492. The second-order valence-corrected chi connectivity index (χ2v) is 4.72. The van der Waals surface area contributed by atoms with Crippen LogP contribution in [-0.4, -0.2) is 9.38 Å². The molecule has 2 heterocycles. The lowest BCUT2D eigenvalue weighted by molar-refractivity contribution is 0.613. The maximum Gasteiger partial charge on any atom is 0.262 e. The lowest BCUT2D eigenvalue weighted by Crippen LogP contribution is -2.21. The maximum atomic E-state index is 13.1. The Balaban J connectivity index is 2.73. The van der Waals surface area contributed by atoms with Crippen molar-refractivity contribution in [3.8, 4) is 0 Å². The average Bonchev–Trinajstić information content (AvgIpc) is 2.25. The van der Waals surface area contributed by atoms with Crippen LogP contribution < -0.4 is 5.56 Å². The Morgan fingerprint density at radius 1 is 1.47 bits per heavy atom. The van der Waals surface area contributed by atoms with Gasteiger partial charge in [0.2, 0.25) is 0 Å². The molecule has 0 unspecified atom stereocenters. The highest BCUT2D eigenvalue weighted by Gasteiger charge is 2.12. The Hall–Kier alpha value is -1.42. The van der Waals surface area contributed by atoms with Gasteiger partial charge in [-0.3, -0.25) is 9.20 Å². The van der Waals surface area contributed by atoms with Crippen molar-refractivity contribution < 1.29 is 4.39 Å². The van der Waals surface area contributed by atoms with Crippen LogP contribution in [-0.2, 0) is 6.42 Å². The molecule has 0 atom stereocenters. The number of rotatable bonds is 2. The fourth-order valence-electron chi connectivity index (χ4n) is 1.70. The molecule has 0 radical (unpaired) electrons. The summed E-state index contributed by atoms with van der Waals surface area (Å²) in [6.07, 6.45) is 1.66. The van der Waals surface area contributed by atoms with Gasteiger partial charge in [-0.2, -0.15) is 0 Å². The molecule has 0 amide bonds. The Bertz CT molecular complexity index is 622. The van der Waals surface area contributed by atoms with Gasteiger partial charge in [-0.15, -0.1) is 0 Å². The van der Waals surface area contributed by atoms with Gasteiger partial charge >= 0.3 is 0 Å². The van der Waals surface area contributed by atoms with E-state index in [1.165, 1.54) is 16.5 Å². The lowest BCUT2D eigenvalue weighted by atomic mass is 10.1. The van der Waals surface area contributed by atoms with Crippen molar-refractivity contribution in [3.63, 3.8) is 0 Å². The van der Waals surface area contributed by atoms with Crippen molar-refractivity contribution in [2.75, 3.05) is 0 Å². The summed E-state index contributed by atoms with van der Waals surface area (Å²) in [5, 5.41) is 0.204. The number of nitrogens with zero attached hydrogens (tertiary/aromatic N) is 2. The third-order valence-electron chi connectivity index (χ3n) is 2.44. The number of aromatic nitrogens is 2. The molecular weight excluding hydrogens is 243 g/mol. The number of halogens is 2. The minimum atomic E-state index is -0.473. The second-order valence-electron chi connectivity index (χ2n) is 4.36. The molecule has 0 N–H and O–H groups in total. The Morgan fingerprint density at radius 2 is 2.18 bits per heavy atom. The molecule has 3 nitrogen and oxygen atoms in total. The van der Waals surface area contributed by atoms with E-state index in [1.54, 1.807) is 0 Å². The second kappa shape index (κ2) is 4.45. The number of hydrogen-bond acceptors (Lipinski definition) is 2. The molecular formula is C12H12ClFN2O. The highest BCUT2D eigenvalue weighted by molar-refractivity contribution is 6.30. The summed E-state index contributed by atoms with van der Waals surface area (Å²) in [6.45, 7) is 3.96. The van der Waals surface area contributed by atoms with Crippen LogP contribution >= 0.6 is 11.6 Å². The largest absolute Gasteiger partial charge is 0.269 e. The fraction of sp³-hybridized carbons (Fsp3) is 0.333. The summed E-state index contributed by atoms with van der Waals surface area (Å²) < 4.78 is 14.3. The molecule has 17 heavy (non-hydrogen) atoms. The van der Waals surface area contributed by atoms with E-state index in [2.05, 4.69) is 4.98 Å². The zero-order valence-electron chi connectivity index (χ0n) is 9.58. The van der Waals surface area contributed by atoms with Crippen LogP contribution in [0.2, 0.25) is 5.15 Å². The first-order valence-corrected chi connectivity index (χ1v) is 5.73. The summed E-state index contributed by atoms with van der Waals surface area (Å²) in [7, 11) is 0. The van der Waals surface area contributed by atoms with Gasteiger partial charge in [-0.05, 0) is 24.5 Å². The van der Waals surface area contributed by atoms with Gasteiger partial charge in [0.05, 0.1) is 5.56 Å². The van der Waals surface area contributed by atoms with Gasteiger partial charge in [-0.1, -0.05) is 25.4 Å². The van der Waals surface area contributed by atoms with Crippen LogP contribution in [0.15, 0.2) is 23.1 Å². The minimum absolute atomic E-state index is 0.204. The van der Waals surface area contributed by atoms with Crippen LogP contribution in [0.1, 0.15) is 19.4 Å². The molecule has 2 aromatic heterocycles. The van der Waals surface area contributed by atoms with E-state index in [0.29, 0.717) is 17.6 Å². The van der Waals surface area contributed by atoms with E-state index in [0.717, 1.165) is 6.20 Å². The quantitative estimate of drug-likeness (QED) is 0.773. The van der Waals surface area contributed by atoms with Crippen LogP contribution in [0.4, 0.5) is 4.39 Å². The number of hydrogen-bond donors (Lipinski definition) is 0. The molecule has 90 valence electrons. The van der Waals surface area contributed by atoms with Crippen molar-refractivity contribution in [1.29, 1.82) is 0 Å². The molecule has 0 saturated carbocycles. The zero-order chi connectivity index (χ0) is 12.6. The summed E-state index contributed by atoms with van der Waals surface area (Å²) in [5.74, 6) is -0.187. The topological polar surface area (TPSA) is 34.4 Å². The van der Waals surface area contributed by atoms with Crippen LogP contribution in [0.5, 0.6) is 0 Å². The third kappa shape index (κ3) is 2.31. The van der Waals surface area contributed by atoms with Crippen LogP contribution in [0.25, 0.3) is 5.65 Å². The molecule has 2 rings (SSSR count). The molecule has 0 aromatic carbocycles. The first-order chi connectivity index (χ1) is 7.99. The normalized spacial score (nSPS) is 11.4. The van der Waals surface area contributed by atoms with Crippen molar-refractivity contribution in [1.82, 2.24) is 9.38 Å². The smallest absolute Gasteiger partial charge is 0.262 e. The van der Waals surface area contributed by atoms with E-state index in [-0.39, 0.29) is 16.6 Å². The van der Waals surface area contributed by atoms with E-state index in [1.807, 2.05) is 13.8 Å². The van der Waals surface area contributed by atoms with Crippen molar-refractivity contribution in [2.24, 2.45) is 5.92 Å². The van der Waals surface area contributed by atoms with Gasteiger partial charge < -0.3 is 0 Å². The first-order valence-electron chi connectivity index (χ1n) is 5.35. The van der Waals surface area contributed by atoms with Crippen molar-refractivity contribution in [2.45, 2.75) is 20.3 Å². The highest BCUT2D eigenvalue weighted by atomic mass is 35.5. The summed E-state index contributed by atoms with van der Waals surface area (Å²) >= 11 is 5.97. The minimum Gasteiger partial charge on any atom is -0.269 e. The maximum absolute atomic E-state index is 13.1. The molecule has 0 spiro atoms. The van der Waals surface area contributed by atoms with E-state index < -0.39 is 5.82 Å². The van der Waals surface area contributed by atoms with Crippen LogP contribution in [0, 0.1) is 11.7 Å². The predicted molar refractivity (Wildman–Crippen MR) is 65.0 cm³/mol. The van der Waals surface area contributed by atoms with E-state index in [9.17, 15) is 9.18 Å². The highest BCUT2D eigenvalue weighted by Crippen LogP contribution is 2.14. The summed E-state index contributed by atoms with van der Waals surface area (Å²) in [6, 6.07) is 2.68. The molecule has 0 aliphatic heterocycles. The monoisotopic (exact) mass is 254 g/mol. The molecule has 0 fully saturated rings. The zero-order valence-corrected chi connectivity index (χ0v) is 10.3. The SMILES string of the molecule is CC(C)Cc1c(Cl)nc2ccc(F)cn2c1=O. The Kier molecular flexibility index (Phi) is 3.15. The van der Waals surface area contributed by atoms with Crippen LogP contribution in [0.3, 0.4) is 0 Å². The van der Waals surface area contributed by atoms with Gasteiger partial charge in [0.1, 0.15) is 16.6 Å². The molecule has 0 bridgehead atoms. The predicted octanol–water partition coefficient (Wildman–Crippen LogP) is 2.69. The molecule has 5 heteroatoms. The Morgan fingerprint density at radius 3 is 2.82 bits per heavy atom. The van der Waals surface area contributed by atoms with Crippen molar-refractivity contribution >= 4 is 17.2 Å². The summed E-state index contributed by atoms with van der Waals surface area (Å²) in [4.78, 5) is 16.2. The molecule has 0 aliphatic carbocycles. The standard InChI is InChI=1S/C12H12ClFN2O/c1-7(2)5-9-11(13)15-10-4-3-8(14)6-16(10)12(9)17/h3-4,6-7H,5H2,1-2H3. The van der Waals surface area contributed by atoms with Gasteiger partial charge in [0.25, 0.3) is 5.56 Å². The van der Waals surface area contributed by atoms with E-state index in [4.69, 9.17) is 11.6 Å². The van der Waals surface area contributed by atoms with Gasteiger partial charge in [0.15, 0.2) is 0 Å². The van der Waals surface area contributed by atoms with Gasteiger partial charge in [-0.25, -0.2) is 9.37 Å². The van der Waals surface area contributed by atoms with E-state index >= 15 is 0 Å². The third-order valence-corrected chi connectivity index (χ3v) is 2.75. The first kappa shape index (κ1) is 12.0.